The second-order valence-corrected chi connectivity index (χ2v) is 16.2. The van der Waals surface area contributed by atoms with Crippen LogP contribution in [0.25, 0.3) is 11.2 Å². The number of rotatable bonds is 16. The van der Waals surface area contributed by atoms with Crippen LogP contribution in [0.4, 0.5) is 10.2 Å². The van der Waals surface area contributed by atoms with Gasteiger partial charge in [0.1, 0.15) is 29.8 Å². The molecule has 2 aromatic heterocycles. The molecular formula is C43H50FN6O6PS. The normalized spacial score (nSPS) is 18.2. The zero-order valence-corrected chi connectivity index (χ0v) is 34.7. The molecule has 3 heterocycles. The van der Waals surface area contributed by atoms with Crippen LogP contribution in [-0.4, -0.2) is 85.9 Å². The third-order valence-corrected chi connectivity index (χ3v) is 11.0. The number of nitrogens with one attached hydrogen (secondary N) is 1. The summed E-state index contributed by atoms with van der Waals surface area (Å²) in [5, 5.41) is 3.74. The molecule has 3 N–H and O–H groups in total. The molecule has 12 nitrogen and oxygen atoms in total. The number of ether oxygens (including phenoxy) is 3. The largest absolute Gasteiger partial charge is 0.497 e. The van der Waals surface area contributed by atoms with E-state index in [0.717, 1.165) is 22.3 Å². The highest BCUT2D eigenvalue weighted by Gasteiger charge is 2.48. The highest BCUT2D eigenvalue weighted by Crippen LogP contribution is 2.43. The molecule has 0 radical (unpaired) electrons. The third kappa shape index (κ3) is 9.96. The van der Waals surface area contributed by atoms with Gasteiger partial charge in [0.25, 0.3) is 0 Å². The number of nitrogens with zero attached hydrogens (tertiary/aromatic N) is 5. The van der Waals surface area contributed by atoms with Gasteiger partial charge in [0, 0.05) is 0 Å². The van der Waals surface area contributed by atoms with E-state index in [-0.39, 0.29) is 6.61 Å². The van der Waals surface area contributed by atoms with Crippen LogP contribution < -0.4 is 10.1 Å². The van der Waals surface area contributed by atoms with Gasteiger partial charge in [-0.15, -0.1) is 0 Å². The number of hydrogen-bond donors (Lipinski definition) is 3. The maximum atomic E-state index is 16.1. The molecule has 4 aromatic carbocycles. The number of anilines is 1. The molecule has 0 aliphatic carbocycles. The van der Waals surface area contributed by atoms with Gasteiger partial charge in [-0.05, 0) is 65.8 Å². The Bertz CT molecular complexity index is 2110. The van der Waals surface area contributed by atoms with Gasteiger partial charge in [-0.25, -0.2) is 19.3 Å². The predicted octanol–water partition coefficient (Wildman–Crippen LogP) is 7.63. The van der Waals surface area contributed by atoms with Gasteiger partial charge in [-0.3, -0.25) is 4.57 Å². The topological polar surface area (TPSA) is 136 Å². The second-order valence-electron chi connectivity index (χ2n) is 13.6. The van der Waals surface area contributed by atoms with E-state index in [9.17, 15) is 9.79 Å². The van der Waals surface area contributed by atoms with E-state index >= 15 is 4.39 Å². The average Bonchev–Trinajstić information content (AvgIpc) is 3.83. The molecule has 15 heteroatoms. The summed E-state index contributed by atoms with van der Waals surface area (Å²) in [4.78, 5) is 35.7. The lowest BCUT2D eigenvalue weighted by Crippen LogP contribution is -2.38. The first-order chi connectivity index (χ1) is 28.1. The molecule has 1 saturated heterocycles. The van der Waals surface area contributed by atoms with E-state index in [0.29, 0.717) is 22.7 Å². The van der Waals surface area contributed by atoms with Gasteiger partial charge in [0.15, 0.2) is 29.4 Å². The van der Waals surface area contributed by atoms with Gasteiger partial charge >= 0.3 is 6.72 Å². The van der Waals surface area contributed by atoms with Gasteiger partial charge in [0.2, 0.25) is 0 Å². The molecule has 58 heavy (non-hydrogen) atoms. The number of benzene rings is 4. The molecule has 0 amide bonds. The molecule has 306 valence electrons. The Labute approximate surface area is 343 Å². The van der Waals surface area contributed by atoms with E-state index in [4.69, 9.17) is 23.7 Å². The first-order valence-corrected chi connectivity index (χ1v) is 21.8. The van der Waals surface area contributed by atoms with E-state index in [1.807, 2.05) is 66.7 Å². The van der Waals surface area contributed by atoms with Crippen LogP contribution in [0.1, 0.15) is 49.3 Å². The lowest BCUT2D eigenvalue weighted by atomic mass is 9.77. The average molecular weight is 829 g/mol. The van der Waals surface area contributed by atoms with Crippen molar-refractivity contribution < 1.29 is 32.9 Å². The fraction of sp³-hybridized carbons (Fsp3) is 0.326. The summed E-state index contributed by atoms with van der Waals surface area (Å²) in [5.41, 5.74) is 3.57. The van der Waals surface area contributed by atoms with Gasteiger partial charge < -0.3 is 38.7 Å². The molecule has 1 aliphatic heterocycles. The van der Waals surface area contributed by atoms with Gasteiger partial charge in [-0.1, -0.05) is 124 Å². The summed E-state index contributed by atoms with van der Waals surface area (Å²) >= 11 is 4.60. The van der Waals surface area contributed by atoms with Crippen molar-refractivity contribution in [2.45, 2.75) is 57.5 Å². The smallest absolute Gasteiger partial charge is 0.321 e. The zero-order chi connectivity index (χ0) is 41.1. The number of imidazole rings is 1. The Balaban J connectivity index is 0.000000743. The molecule has 0 unspecified atom stereocenters. The molecule has 0 saturated carbocycles. The van der Waals surface area contributed by atoms with Crippen molar-refractivity contribution in [3.05, 3.63) is 150 Å². The number of alkyl halides is 1. The summed E-state index contributed by atoms with van der Waals surface area (Å²) < 4.78 is 40.3. The minimum atomic E-state index is -4.07. The fourth-order valence-electron chi connectivity index (χ4n) is 7.07. The number of aromatic nitrogens is 4. The highest BCUT2D eigenvalue weighted by molar-refractivity contribution is 8.06. The monoisotopic (exact) mass is 828 g/mol. The molecule has 1 aliphatic rings. The Morgan fingerprint density at radius 2 is 1.38 bits per heavy atom. The van der Waals surface area contributed by atoms with Crippen LogP contribution in [-0.2, 0) is 38.0 Å². The number of hydrogen-bond acceptors (Lipinski definition) is 10. The zero-order valence-electron chi connectivity index (χ0n) is 33.0. The lowest BCUT2D eigenvalue weighted by Gasteiger charge is -2.37. The molecule has 1 fully saturated rings. The predicted molar refractivity (Wildman–Crippen MR) is 227 cm³/mol. The van der Waals surface area contributed by atoms with Crippen molar-refractivity contribution in [3.8, 4) is 5.75 Å². The van der Waals surface area contributed by atoms with E-state index in [1.165, 1.54) is 32.3 Å². The Morgan fingerprint density at radius 1 is 0.828 bits per heavy atom. The molecule has 0 spiro atoms. The van der Waals surface area contributed by atoms with Crippen LogP contribution in [0.15, 0.2) is 128 Å². The Kier molecular flexibility index (Phi) is 14.7. The van der Waals surface area contributed by atoms with Crippen molar-refractivity contribution in [3.63, 3.8) is 0 Å². The molecule has 4 atom stereocenters. The first kappa shape index (κ1) is 43.0. The molecule has 0 bridgehead atoms. The second kappa shape index (κ2) is 19.9. The maximum absolute atomic E-state index is 16.1. The van der Waals surface area contributed by atoms with Crippen molar-refractivity contribution >= 4 is 35.5 Å². The summed E-state index contributed by atoms with van der Waals surface area (Å²) in [7, 11) is 1.57. The third-order valence-electron chi connectivity index (χ3n) is 10.2. The van der Waals surface area contributed by atoms with E-state index in [2.05, 4.69) is 89.2 Å². The first-order valence-electron chi connectivity index (χ1n) is 19.2. The SMILES string of the molecule is CCN(CC)CC.COc1ccc(CO[C@@H]2[C@H](F)[C@@H](COP(O)(O)=S)O[C@H]2n2cnc3c(NC(c4ccccc4)(c4ccccc4)c4ccccc4)ncnc32)cc1. The van der Waals surface area contributed by atoms with Gasteiger partial charge in [-0.2, -0.15) is 0 Å². The summed E-state index contributed by atoms with van der Waals surface area (Å²) in [6.45, 7) is 5.62. The number of methoxy groups -OCH3 is 1. The van der Waals surface area contributed by atoms with Crippen LogP contribution in [0.3, 0.4) is 0 Å². The van der Waals surface area contributed by atoms with E-state index in [1.54, 1.807) is 23.8 Å². The van der Waals surface area contributed by atoms with Crippen molar-refractivity contribution in [2.24, 2.45) is 0 Å². The number of halogens is 1. The van der Waals surface area contributed by atoms with Crippen molar-refractivity contribution in [1.82, 2.24) is 24.4 Å². The fourth-order valence-corrected chi connectivity index (χ4v) is 7.60. The van der Waals surface area contributed by atoms with Crippen molar-refractivity contribution in [2.75, 3.05) is 38.7 Å². The quantitative estimate of drug-likeness (QED) is 0.0654. The summed E-state index contributed by atoms with van der Waals surface area (Å²) in [6.07, 6.45) is -2.25. The van der Waals surface area contributed by atoms with Crippen LogP contribution in [0.5, 0.6) is 5.75 Å². The minimum Gasteiger partial charge on any atom is -0.497 e. The minimum absolute atomic E-state index is 0.0582. The summed E-state index contributed by atoms with van der Waals surface area (Å²) in [6, 6.07) is 37.4. The molecular weight excluding hydrogens is 779 g/mol. The van der Waals surface area contributed by atoms with Crippen LogP contribution in [0.2, 0.25) is 0 Å². The molecule has 6 aromatic rings. The van der Waals surface area contributed by atoms with Crippen LogP contribution >= 0.6 is 6.72 Å². The molecule has 7 rings (SSSR count). The Hall–Kier alpha value is -4.63. The van der Waals surface area contributed by atoms with Gasteiger partial charge in [0.05, 0.1) is 26.7 Å². The highest BCUT2D eigenvalue weighted by atomic mass is 32.5. The summed E-state index contributed by atoms with van der Waals surface area (Å²) in [5.74, 6) is 1.11. The van der Waals surface area contributed by atoms with Crippen LogP contribution in [0, 0.1) is 0 Å². The number of fused-ring (bicyclic) bond motifs is 1. The lowest BCUT2D eigenvalue weighted by molar-refractivity contribution is -0.0732. The Morgan fingerprint density at radius 3 is 1.86 bits per heavy atom. The standard InChI is InChI=1S/C37H35FN5O6PS.C6H15N/c1-46-29-19-17-25(18-20-29)21-47-33-31(38)30(22-48-50(44,45)51)49-36(33)43-24-41-32-34(39-23-40-35(32)43)42-37(26-11-5-2-6-12-26,27-13-7-3-8-14-27)28-15-9-4-10-16-28;1-4-7(5-2)6-3/h2-20,23-24,30-31,33,36H,21-22H2,1H3,(H,39,40,42)(H2,44,45,51);4-6H2,1-3H3/t30-,31-,33-,36-;/m1./s1. The maximum Gasteiger partial charge on any atom is 0.321 e. The van der Waals surface area contributed by atoms with E-state index < -0.39 is 43.5 Å². The van der Waals surface area contributed by atoms with Crippen molar-refractivity contribution in [1.29, 1.82) is 0 Å².